The predicted octanol–water partition coefficient (Wildman–Crippen LogP) is -0.0689. The van der Waals surface area contributed by atoms with Gasteiger partial charge in [0.2, 0.25) is 0 Å². The number of amidine groups is 1. The Balaban J connectivity index is 2.96. The van der Waals surface area contributed by atoms with Gasteiger partial charge in [0, 0.05) is 39.0 Å². The first-order valence-electron chi connectivity index (χ1n) is 5.01. The van der Waals surface area contributed by atoms with E-state index in [0.29, 0.717) is 12.2 Å². The fourth-order valence-corrected chi connectivity index (χ4v) is 1.39. The maximum atomic E-state index is 11.8. The smallest absolute Gasteiger partial charge is 0.293 e. The highest BCUT2D eigenvalue weighted by atomic mass is 16.1. The molecule has 1 aromatic rings. The Morgan fingerprint density at radius 2 is 2.38 bits per heavy atom. The summed E-state index contributed by atoms with van der Waals surface area (Å²) in [5.74, 6) is 0.478. The molecule has 1 atom stereocenters. The third-order valence-electron chi connectivity index (χ3n) is 2.51. The minimum absolute atomic E-state index is 0.0277. The van der Waals surface area contributed by atoms with Crippen LogP contribution in [-0.4, -0.2) is 28.5 Å². The molecule has 0 spiro atoms. The Hall–Kier alpha value is -1.85. The zero-order chi connectivity index (χ0) is 12.3. The first-order chi connectivity index (χ1) is 7.43. The SMILES string of the molecule is CC(CC(=N)N)N(C)c1nccn(C)c1=O. The molecule has 6 nitrogen and oxygen atoms in total. The number of anilines is 1. The fraction of sp³-hybridized carbons (Fsp3) is 0.500. The van der Waals surface area contributed by atoms with Crippen LogP contribution in [0.5, 0.6) is 0 Å². The number of rotatable bonds is 4. The fourth-order valence-electron chi connectivity index (χ4n) is 1.39. The molecule has 0 aromatic carbocycles. The Bertz CT molecular complexity index is 439. The minimum Gasteiger partial charge on any atom is -0.388 e. The summed E-state index contributed by atoms with van der Waals surface area (Å²) in [6.45, 7) is 1.90. The quantitative estimate of drug-likeness (QED) is 0.552. The topological polar surface area (TPSA) is 88.0 Å². The zero-order valence-electron chi connectivity index (χ0n) is 9.77. The van der Waals surface area contributed by atoms with Crippen LogP contribution >= 0.6 is 0 Å². The standard InChI is InChI=1S/C10H17N5O/c1-7(6-8(11)12)15(3)9-10(16)14(2)5-4-13-9/h4-5,7H,6H2,1-3H3,(H3,11,12). The molecule has 3 N–H and O–H groups in total. The van der Waals surface area contributed by atoms with Gasteiger partial charge >= 0.3 is 0 Å². The van der Waals surface area contributed by atoms with E-state index in [0.717, 1.165) is 0 Å². The van der Waals surface area contributed by atoms with Crippen LogP contribution in [-0.2, 0) is 7.05 Å². The summed E-state index contributed by atoms with van der Waals surface area (Å²) in [5, 5.41) is 7.22. The Morgan fingerprint density at radius 1 is 1.75 bits per heavy atom. The second-order valence-corrected chi connectivity index (χ2v) is 3.86. The van der Waals surface area contributed by atoms with Crippen LogP contribution in [0.25, 0.3) is 0 Å². The lowest BCUT2D eigenvalue weighted by Crippen LogP contribution is -2.38. The average Bonchev–Trinajstić information content (AvgIpc) is 2.20. The summed E-state index contributed by atoms with van der Waals surface area (Å²) in [6, 6.07) is -0.0277. The van der Waals surface area contributed by atoms with Crippen molar-refractivity contribution in [2.45, 2.75) is 19.4 Å². The van der Waals surface area contributed by atoms with Crippen LogP contribution in [0.1, 0.15) is 13.3 Å². The molecule has 1 heterocycles. The molecule has 0 bridgehead atoms. The number of hydrogen-bond donors (Lipinski definition) is 2. The van der Waals surface area contributed by atoms with Gasteiger partial charge in [-0.2, -0.15) is 0 Å². The first kappa shape index (κ1) is 12.2. The minimum atomic E-state index is -0.152. The molecule has 0 fully saturated rings. The molecule has 0 saturated carbocycles. The molecular formula is C10H17N5O. The van der Waals surface area contributed by atoms with Gasteiger partial charge in [0.05, 0.1) is 5.84 Å². The summed E-state index contributed by atoms with van der Waals surface area (Å²) >= 11 is 0. The van der Waals surface area contributed by atoms with Crippen LogP contribution in [0, 0.1) is 5.41 Å². The van der Waals surface area contributed by atoms with Crippen molar-refractivity contribution in [2.24, 2.45) is 12.8 Å². The molecule has 0 aliphatic heterocycles. The van der Waals surface area contributed by atoms with Crippen molar-refractivity contribution < 1.29 is 0 Å². The van der Waals surface area contributed by atoms with Crippen LogP contribution < -0.4 is 16.2 Å². The van der Waals surface area contributed by atoms with Crippen molar-refractivity contribution in [3.8, 4) is 0 Å². The molecule has 1 rings (SSSR count). The second-order valence-electron chi connectivity index (χ2n) is 3.86. The number of aromatic nitrogens is 2. The van der Waals surface area contributed by atoms with E-state index in [1.54, 1.807) is 31.4 Å². The number of nitrogens with zero attached hydrogens (tertiary/aromatic N) is 3. The van der Waals surface area contributed by atoms with Crippen molar-refractivity contribution in [1.82, 2.24) is 9.55 Å². The van der Waals surface area contributed by atoms with E-state index < -0.39 is 0 Å². The summed E-state index contributed by atoms with van der Waals surface area (Å²) in [5.41, 5.74) is 5.18. The summed E-state index contributed by atoms with van der Waals surface area (Å²) in [6.07, 6.45) is 3.60. The van der Waals surface area contributed by atoms with Gasteiger partial charge in [-0.15, -0.1) is 0 Å². The van der Waals surface area contributed by atoms with E-state index >= 15 is 0 Å². The maximum Gasteiger partial charge on any atom is 0.293 e. The summed E-state index contributed by atoms with van der Waals surface area (Å²) in [7, 11) is 3.45. The van der Waals surface area contributed by atoms with Crippen molar-refractivity contribution in [3.05, 3.63) is 22.7 Å². The first-order valence-corrected chi connectivity index (χ1v) is 5.01. The lowest BCUT2D eigenvalue weighted by molar-refractivity contribution is 0.685. The predicted molar refractivity (Wildman–Crippen MR) is 63.9 cm³/mol. The molecule has 88 valence electrons. The number of hydrogen-bond acceptors (Lipinski definition) is 4. The number of nitrogens with one attached hydrogen (secondary N) is 1. The van der Waals surface area contributed by atoms with Crippen molar-refractivity contribution >= 4 is 11.7 Å². The lowest BCUT2D eigenvalue weighted by Gasteiger charge is -2.24. The Morgan fingerprint density at radius 3 is 2.94 bits per heavy atom. The van der Waals surface area contributed by atoms with Crippen molar-refractivity contribution in [2.75, 3.05) is 11.9 Å². The zero-order valence-corrected chi connectivity index (χ0v) is 9.77. The van der Waals surface area contributed by atoms with Gasteiger partial charge in [0.1, 0.15) is 0 Å². The number of aryl methyl sites for hydroxylation is 1. The Kier molecular flexibility index (Phi) is 3.65. The van der Waals surface area contributed by atoms with Gasteiger partial charge in [-0.05, 0) is 6.92 Å². The van der Waals surface area contributed by atoms with Crippen LogP contribution in [0.3, 0.4) is 0 Å². The molecule has 1 unspecified atom stereocenters. The number of nitrogens with two attached hydrogens (primary N) is 1. The van der Waals surface area contributed by atoms with Gasteiger partial charge in [0.25, 0.3) is 5.56 Å². The van der Waals surface area contributed by atoms with Crippen LogP contribution in [0.15, 0.2) is 17.2 Å². The largest absolute Gasteiger partial charge is 0.388 e. The maximum absolute atomic E-state index is 11.8. The van der Waals surface area contributed by atoms with E-state index in [1.165, 1.54) is 4.57 Å². The average molecular weight is 223 g/mol. The van der Waals surface area contributed by atoms with Crippen molar-refractivity contribution in [3.63, 3.8) is 0 Å². The van der Waals surface area contributed by atoms with Gasteiger partial charge in [-0.25, -0.2) is 4.98 Å². The van der Waals surface area contributed by atoms with Crippen molar-refractivity contribution in [1.29, 1.82) is 5.41 Å². The molecule has 16 heavy (non-hydrogen) atoms. The van der Waals surface area contributed by atoms with Gasteiger partial charge in [-0.1, -0.05) is 0 Å². The normalized spacial score (nSPS) is 12.2. The molecule has 0 aliphatic carbocycles. The van der Waals surface area contributed by atoms with Gasteiger partial charge in [-0.3, -0.25) is 10.2 Å². The monoisotopic (exact) mass is 223 g/mol. The molecular weight excluding hydrogens is 206 g/mol. The van der Waals surface area contributed by atoms with E-state index in [2.05, 4.69) is 4.98 Å². The third kappa shape index (κ3) is 2.59. The molecule has 6 heteroatoms. The summed E-state index contributed by atoms with van der Waals surface area (Å²) in [4.78, 5) is 17.6. The van der Waals surface area contributed by atoms with E-state index in [9.17, 15) is 4.79 Å². The van der Waals surface area contributed by atoms with E-state index in [4.69, 9.17) is 11.1 Å². The highest BCUT2D eigenvalue weighted by Gasteiger charge is 2.15. The third-order valence-corrected chi connectivity index (χ3v) is 2.51. The van der Waals surface area contributed by atoms with Gasteiger partial charge in [0.15, 0.2) is 5.82 Å². The Labute approximate surface area is 94.2 Å². The van der Waals surface area contributed by atoms with Crippen LogP contribution in [0.2, 0.25) is 0 Å². The second kappa shape index (κ2) is 4.78. The molecule has 1 aromatic heterocycles. The van der Waals surface area contributed by atoms with Crippen LogP contribution in [0.4, 0.5) is 5.82 Å². The molecule has 0 aliphatic rings. The molecule has 0 radical (unpaired) electrons. The highest BCUT2D eigenvalue weighted by molar-refractivity contribution is 5.77. The highest BCUT2D eigenvalue weighted by Crippen LogP contribution is 2.07. The van der Waals surface area contributed by atoms with E-state index in [-0.39, 0.29) is 17.4 Å². The van der Waals surface area contributed by atoms with Gasteiger partial charge < -0.3 is 15.2 Å². The summed E-state index contributed by atoms with van der Waals surface area (Å²) < 4.78 is 1.47. The molecule has 0 saturated heterocycles. The lowest BCUT2D eigenvalue weighted by atomic mass is 10.2. The van der Waals surface area contributed by atoms with E-state index in [1.807, 2.05) is 6.92 Å². The molecule has 0 amide bonds.